The molecule has 3 amide bonds. The highest BCUT2D eigenvalue weighted by molar-refractivity contribution is 7.08. The van der Waals surface area contributed by atoms with Gasteiger partial charge in [0.25, 0.3) is 0 Å². The van der Waals surface area contributed by atoms with Gasteiger partial charge in [0.05, 0.1) is 5.69 Å². The minimum absolute atomic E-state index is 0.0945. The first-order valence-electron chi connectivity index (χ1n) is 10.2. The molecule has 3 N–H and O–H groups in total. The molecule has 2 aromatic rings. The molecule has 0 unspecified atom stereocenters. The van der Waals surface area contributed by atoms with Crippen molar-refractivity contribution < 1.29 is 19.1 Å². The van der Waals surface area contributed by atoms with Gasteiger partial charge >= 0.3 is 12.1 Å². The number of hydrogen-bond donors (Lipinski definition) is 2. The second kappa shape index (κ2) is 11.1. The maximum absolute atomic E-state index is 12.7. The first kappa shape index (κ1) is 25.3. The largest absolute Gasteiger partial charge is 0.444 e. The Hall–Kier alpha value is -2.98. The maximum atomic E-state index is 12.7. The zero-order valence-corrected chi connectivity index (χ0v) is 20.0. The number of ketones is 1. The lowest BCUT2D eigenvalue weighted by molar-refractivity contribution is 0.0635. The fraction of sp³-hybridized carbons (Fsp3) is 0.455. The number of urea groups is 1. The number of hydrogen-bond acceptors (Lipinski definition) is 7. The van der Waals surface area contributed by atoms with Crippen LogP contribution >= 0.6 is 11.3 Å². The summed E-state index contributed by atoms with van der Waals surface area (Å²) in [6.45, 7) is 6.85. The average molecular weight is 462 g/mol. The zero-order chi connectivity index (χ0) is 23.9. The number of pyridine rings is 1. The van der Waals surface area contributed by atoms with Crippen molar-refractivity contribution >= 4 is 34.9 Å². The lowest BCUT2D eigenvalue weighted by Gasteiger charge is -2.22. The molecule has 0 fully saturated rings. The standard InChI is InChI=1S/C22H31N5O4S/c1-22(2,3)31-21(30)25-18-14-32-13-16(18)10-19(28)17-7-6-15(11-24-17)12-27(20(23)29)9-8-26(4)5/h6-7,11,13-14H,8-10,12H2,1-5H3,(H2,23,29)(H,25,30). The molecular formula is C22H31N5O4S. The van der Waals surface area contributed by atoms with Crippen LogP contribution in [0.15, 0.2) is 29.1 Å². The molecule has 2 rings (SSSR count). The van der Waals surface area contributed by atoms with Crippen LogP contribution in [-0.4, -0.2) is 65.5 Å². The highest BCUT2D eigenvalue weighted by Crippen LogP contribution is 2.23. The summed E-state index contributed by atoms with van der Waals surface area (Å²) < 4.78 is 5.27. The van der Waals surface area contributed by atoms with Crippen LogP contribution in [0, 0.1) is 0 Å². The zero-order valence-electron chi connectivity index (χ0n) is 19.2. The van der Waals surface area contributed by atoms with Crippen molar-refractivity contribution in [3.8, 4) is 0 Å². The summed E-state index contributed by atoms with van der Waals surface area (Å²) >= 11 is 1.39. The topological polar surface area (TPSA) is 118 Å². The van der Waals surface area contributed by atoms with Crippen molar-refractivity contribution in [2.24, 2.45) is 5.73 Å². The quantitative estimate of drug-likeness (QED) is 0.553. The van der Waals surface area contributed by atoms with Gasteiger partial charge < -0.3 is 20.3 Å². The van der Waals surface area contributed by atoms with E-state index in [4.69, 9.17) is 10.5 Å². The number of nitrogens with zero attached hydrogens (tertiary/aromatic N) is 3. The van der Waals surface area contributed by atoms with Gasteiger partial charge in [-0.15, -0.1) is 11.3 Å². The Kier molecular flexibility index (Phi) is 8.73. The average Bonchev–Trinajstić information content (AvgIpc) is 3.10. The fourth-order valence-corrected chi connectivity index (χ4v) is 3.53. The summed E-state index contributed by atoms with van der Waals surface area (Å²) in [5.41, 5.74) is 7.18. The Balaban J connectivity index is 2.00. The van der Waals surface area contributed by atoms with E-state index in [9.17, 15) is 14.4 Å². The lowest BCUT2D eigenvalue weighted by atomic mass is 10.1. The fourth-order valence-electron chi connectivity index (χ4n) is 2.74. The summed E-state index contributed by atoms with van der Waals surface area (Å²) in [6.07, 6.45) is 1.10. The number of nitrogens with two attached hydrogens (primary N) is 1. The Morgan fingerprint density at radius 2 is 1.88 bits per heavy atom. The van der Waals surface area contributed by atoms with E-state index in [2.05, 4.69) is 10.3 Å². The summed E-state index contributed by atoms with van der Waals surface area (Å²) in [6, 6.07) is 2.89. The highest BCUT2D eigenvalue weighted by atomic mass is 32.1. The number of thiophene rings is 1. The first-order valence-corrected chi connectivity index (χ1v) is 11.1. The number of Topliss-reactive ketones (excluding diaryl/α,β-unsaturated/α-hetero) is 1. The van der Waals surface area contributed by atoms with Gasteiger partial charge in [-0.2, -0.15) is 0 Å². The summed E-state index contributed by atoms with van der Waals surface area (Å²) in [5, 5.41) is 6.26. The van der Waals surface area contributed by atoms with Crippen LogP contribution in [0.4, 0.5) is 15.3 Å². The predicted molar refractivity (Wildman–Crippen MR) is 125 cm³/mol. The number of carbonyl (C=O) groups excluding carboxylic acids is 3. The molecule has 0 aromatic carbocycles. The maximum Gasteiger partial charge on any atom is 0.412 e. The number of carbonyl (C=O) groups is 3. The van der Waals surface area contributed by atoms with Crippen LogP contribution in [0.3, 0.4) is 0 Å². The van der Waals surface area contributed by atoms with Crippen LogP contribution in [0.5, 0.6) is 0 Å². The molecular weight excluding hydrogens is 430 g/mol. The number of anilines is 1. The molecule has 2 aromatic heterocycles. The summed E-state index contributed by atoms with van der Waals surface area (Å²) in [7, 11) is 3.84. The van der Waals surface area contributed by atoms with E-state index in [1.165, 1.54) is 16.2 Å². The Morgan fingerprint density at radius 1 is 1.16 bits per heavy atom. The van der Waals surface area contributed by atoms with Crippen LogP contribution in [0.25, 0.3) is 0 Å². The van der Waals surface area contributed by atoms with Crippen molar-refractivity contribution in [2.45, 2.75) is 39.3 Å². The molecule has 0 spiro atoms. The smallest absolute Gasteiger partial charge is 0.412 e. The molecule has 0 aliphatic rings. The molecule has 0 bridgehead atoms. The van der Waals surface area contributed by atoms with Gasteiger partial charge in [-0.05, 0) is 57.4 Å². The predicted octanol–water partition coefficient (Wildman–Crippen LogP) is 3.36. The van der Waals surface area contributed by atoms with E-state index < -0.39 is 17.7 Å². The van der Waals surface area contributed by atoms with Crippen molar-refractivity contribution in [3.63, 3.8) is 0 Å². The molecule has 0 aliphatic carbocycles. The lowest BCUT2D eigenvalue weighted by Crippen LogP contribution is -2.39. The Labute approximate surface area is 192 Å². The number of primary amides is 1. The second-order valence-electron chi connectivity index (χ2n) is 8.65. The van der Waals surface area contributed by atoms with E-state index in [1.807, 2.05) is 24.4 Å². The number of likely N-dealkylation sites (N-methyl/N-ethyl adjacent to an activating group) is 1. The van der Waals surface area contributed by atoms with E-state index in [0.29, 0.717) is 36.6 Å². The number of amides is 3. The Bertz CT molecular complexity index is 935. The minimum atomic E-state index is -0.613. The van der Waals surface area contributed by atoms with E-state index in [1.54, 1.807) is 44.5 Å². The number of rotatable bonds is 9. The molecule has 9 nitrogen and oxygen atoms in total. The van der Waals surface area contributed by atoms with E-state index in [-0.39, 0.29) is 12.2 Å². The number of ether oxygens (including phenoxy) is 1. The van der Waals surface area contributed by atoms with E-state index in [0.717, 1.165) is 5.56 Å². The van der Waals surface area contributed by atoms with Gasteiger partial charge in [-0.25, -0.2) is 9.59 Å². The molecule has 0 saturated heterocycles. The van der Waals surface area contributed by atoms with Gasteiger partial charge in [0.1, 0.15) is 11.3 Å². The van der Waals surface area contributed by atoms with Crippen LogP contribution < -0.4 is 11.1 Å². The van der Waals surface area contributed by atoms with Crippen LogP contribution in [-0.2, 0) is 17.7 Å². The van der Waals surface area contributed by atoms with E-state index >= 15 is 0 Å². The van der Waals surface area contributed by atoms with Gasteiger partial charge in [-0.1, -0.05) is 6.07 Å². The molecule has 0 radical (unpaired) electrons. The van der Waals surface area contributed by atoms with Gasteiger partial charge in [0, 0.05) is 37.6 Å². The van der Waals surface area contributed by atoms with Crippen molar-refractivity contribution in [2.75, 3.05) is 32.5 Å². The molecule has 174 valence electrons. The number of aromatic nitrogens is 1. The normalized spacial score (nSPS) is 11.3. The van der Waals surface area contributed by atoms with Crippen molar-refractivity contribution in [1.29, 1.82) is 0 Å². The third kappa shape index (κ3) is 8.27. The monoisotopic (exact) mass is 461 g/mol. The molecule has 10 heteroatoms. The summed E-state index contributed by atoms with van der Waals surface area (Å²) in [4.78, 5) is 44.2. The van der Waals surface area contributed by atoms with Gasteiger partial charge in [0.15, 0.2) is 5.78 Å². The third-order valence-electron chi connectivity index (χ3n) is 4.34. The molecule has 0 saturated carbocycles. The summed E-state index contributed by atoms with van der Waals surface area (Å²) in [5.74, 6) is -0.179. The molecule has 32 heavy (non-hydrogen) atoms. The molecule has 2 heterocycles. The second-order valence-corrected chi connectivity index (χ2v) is 9.40. The first-order chi connectivity index (χ1) is 14.9. The van der Waals surface area contributed by atoms with Gasteiger partial charge in [0.2, 0.25) is 0 Å². The third-order valence-corrected chi connectivity index (χ3v) is 5.13. The van der Waals surface area contributed by atoms with Crippen LogP contribution in [0.2, 0.25) is 0 Å². The molecule has 0 aliphatic heterocycles. The van der Waals surface area contributed by atoms with Crippen LogP contribution in [0.1, 0.15) is 42.4 Å². The van der Waals surface area contributed by atoms with Gasteiger partial charge in [-0.3, -0.25) is 15.1 Å². The van der Waals surface area contributed by atoms with Crippen molar-refractivity contribution in [1.82, 2.24) is 14.8 Å². The minimum Gasteiger partial charge on any atom is -0.444 e. The molecule has 0 atom stereocenters. The number of nitrogens with one attached hydrogen (secondary N) is 1. The SMILES string of the molecule is CN(C)CCN(Cc1ccc(C(=O)Cc2cscc2NC(=O)OC(C)(C)C)nc1)C(N)=O. The van der Waals surface area contributed by atoms with Crippen molar-refractivity contribution in [3.05, 3.63) is 45.9 Å². The Morgan fingerprint density at radius 3 is 2.44 bits per heavy atom. The highest BCUT2D eigenvalue weighted by Gasteiger charge is 2.19.